The summed E-state index contributed by atoms with van der Waals surface area (Å²) in [5, 5.41) is 7.94. The third-order valence-electron chi connectivity index (χ3n) is 5.76. The highest BCUT2D eigenvalue weighted by Crippen LogP contribution is 2.33. The first-order valence-electron chi connectivity index (χ1n) is 9.91. The Morgan fingerprint density at radius 1 is 1.31 bits per heavy atom. The van der Waals surface area contributed by atoms with Crippen LogP contribution in [0.5, 0.6) is 5.75 Å². The van der Waals surface area contributed by atoms with Crippen molar-refractivity contribution in [3.05, 3.63) is 40.7 Å². The van der Waals surface area contributed by atoms with Crippen molar-refractivity contribution in [1.29, 1.82) is 0 Å². The maximum Gasteiger partial charge on any atom is 0.143 e. The molecule has 2 aliphatic rings. The van der Waals surface area contributed by atoms with Gasteiger partial charge in [0.1, 0.15) is 12.4 Å². The third-order valence-corrected chi connectivity index (χ3v) is 5.76. The van der Waals surface area contributed by atoms with E-state index < -0.39 is 0 Å². The zero-order valence-corrected chi connectivity index (χ0v) is 16.2. The molecule has 5 nitrogen and oxygen atoms in total. The molecule has 0 amide bonds. The zero-order chi connectivity index (χ0) is 18.1. The standard InChI is InChI=1S/C21H30N4O/c1-4-5-15(2)21-17-14-25(9-8-18(17)22-23-21)13-16-6-7-19-20(12-16)26-11-10-24(19)3/h6-7,12,15H,4-5,8-11,13-14H2,1-3H3,(H,22,23)/t15-/m0/s1. The predicted molar refractivity (Wildman–Crippen MR) is 105 cm³/mol. The van der Waals surface area contributed by atoms with Crippen molar-refractivity contribution in [1.82, 2.24) is 15.1 Å². The van der Waals surface area contributed by atoms with Crippen LogP contribution >= 0.6 is 0 Å². The molecular formula is C21H30N4O. The lowest BCUT2D eigenvalue weighted by molar-refractivity contribution is 0.242. The van der Waals surface area contributed by atoms with Crippen LogP contribution in [0.15, 0.2) is 18.2 Å². The molecule has 3 heterocycles. The second-order valence-corrected chi connectivity index (χ2v) is 7.79. The minimum absolute atomic E-state index is 0.535. The third kappa shape index (κ3) is 3.32. The summed E-state index contributed by atoms with van der Waals surface area (Å²) in [7, 11) is 2.13. The molecule has 26 heavy (non-hydrogen) atoms. The van der Waals surface area contributed by atoms with Crippen LogP contribution in [-0.2, 0) is 19.5 Å². The van der Waals surface area contributed by atoms with E-state index in [-0.39, 0.29) is 0 Å². The zero-order valence-electron chi connectivity index (χ0n) is 16.2. The minimum Gasteiger partial charge on any atom is -0.490 e. The van der Waals surface area contributed by atoms with Crippen LogP contribution in [0.4, 0.5) is 5.69 Å². The van der Waals surface area contributed by atoms with Gasteiger partial charge >= 0.3 is 0 Å². The maximum atomic E-state index is 5.87. The molecule has 1 aromatic carbocycles. The van der Waals surface area contributed by atoms with Gasteiger partial charge in [-0.15, -0.1) is 0 Å². The summed E-state index contributed by atoms with van der Waals surface area (Å²) in [6, 6.07) is 6.66. The van der Waals surface area contributed by atoms with Gasteiger partial charge in [0.15, 0.2) is 0 Å². The van der Waals surface area contributed by atoms with Crippen molar-refractivity contribution in [2.45, 2.75) is 52.1 Å². The number of benzene rings is 1. The number of hydrogen-bond donors (Lipinski definition) is 1. The molecule has 2 aliphatic heterocycles. The lowest BCUT2D eigenvalue weighted by Crippen LogP contribution is -2.31. The Labute approximate surface area is 156 Å². The Morgan fingerprint density at radius 3 is 3.04 bits per heavy atom. The number of nitrogens with one attached hydrogen (secondary N) is 1. The van der Waals surface area contributed by atoms with E-state index in [0.717, 1.165) is 45.0 Å². The van der Waals surface area contributed by atoms with Crippen molar-refractivity contribution in [2.24, 2.45) is 0 Å². The van der Waals surface area contributed by atoms with Crippen LogP contribution in [-0.4, -0.2) is 41.8 Å². The molecule has 1 N–H and O–H groups in total. The molecule has 0 bridgehead atoms. The van der Waals surface area contributed by atoms with E-state index in [4.69, 9.17) is 4.74 Å². The van der Waals surface area contributed by atoms with Gasteiger partial charge in [0.05, 0.1) is 17.9 Å². The van der Waals surface area contributed by atoms with Crippen LogP contribution in [0.1, 0.15) is 55.1 Å². The van der Waals surface area contributed by atoms with E-state index in [9.17, 15) is 0 Å². The summed E-state index contributed by atoms with van der Waals surface area (Å²) in [6.45, 7) is 9.32. The van der Waals surface area contributed by atoms with Gasteiger partial charge in [-0.05, 0) is 24.1 Å². The van der Waals surface area contributed by atoms with Gasteiger partial charge in [-0.25, -0.2) is 0 Å². The van der Waals surface area contributed by atoms with E-state index in [1.54, 1.807) is 0 Å². The number of nitrogens with zero attached hydrogens (tertiary/aromatic N) is 3. The second kappa shape index (κ2) is 7.31. The van der Waals surface area contributed by atoms with Gasteiger partial charge in [0.25, 0.3) is 0 Å². The lowest BCUT2D eigenvalue weighted by Gasteiger charge is -2.30. The van der Waals surface area contributed by atoms with Gasteiger partial charge < -0.3 is 9.64 Å². The number of anilines is 1. The van der Waals surface area contributed by atoms with Crippen molar-refractivity contribution < 1.29 is 4.74 Å². The van der Waals surface area contributed by atoms with Crippen molar-refractivity contribution in [3.63, 3.8) is 0 Å². The number of aromatic nitrogens is 2. The second-order valence-electron chi connectivity index (χ2n) is 7.79. The normalized spacial score (nSPS) is 18.2. The van der Waals surface area contributed by atoms with E-state index in [1.807, 2.05) is 0 Å². The summed E-state index contributed by atoms with van der Waals surface area (Å²) in [5.74, 6) is 1.56. The van der Waals surface area contributed by atoms with Crippen LogP contribution < -0.4 is 9.64 Å². The predicted octanol–water partition coefficient (Wildman–Crippen LogP) is 3.70. The van der Waals surface area contributed by atoms with Crippen molar-refractivity contribution in [2.75, 3.05) is 31.6 Å². The SMILES string of the molecule is CCC[C@H](C)c1n[nH]c2c1CN(Cc1ccc3c(c1)OCCN3C)CC2. The van der Waals surface area contributed by atoms with E-state index in [1.165, 1.54) is 41.0 Å². The molecule has 0 saturated heterocycles. The first-order chi connectivity index (χ1) is 12.7. The summed E-state index contributed by atoms with van der Waals surface area (Å²) >= 11 is 0. The molecule has 0 aliphatic carbocycles. The molecule has 0 saturated carbocycles. The highest BCUT2D eigenvalue weighted by atomic mass is 16.5. The summed E-state index contributed by atoms with van der Waals surface area (Å²) in [5.41, 5.74) is 6.59. The Morgan fingerprint density at radius 2 is 2.19 bits per heavy atom. The number of rotatable bonds is 5. The smallest absolute Gasteiger partial charge is 0.143 e. The van der Waals surface area contributed by atoms with Crippen LogP contribution in [0.2, 0.25) is 0 Å². The Hall–Kier alpha value is -2.01. The number of aromatic amines is 1. The quantitative estimate of drug-likeness (QED) is 0.889. The summed E-state index contributed by atoms with van der Waals surface area (Å²) in [6.07, 6.45) is 3.47. The number of hydrogen-bond acceptors (Lipinski definition) is 4. The Kier molecular flexibility index (Phi) is 4.90. The van der Waals surface area contributed by atoms with Gasteiger partial charge in [0.2, 0.25) is 0 Å². The first kappa shape index (κ1) is 17.4. The molecule has 1 aromatic heterocycles. The van der Waals surface area contributed by atoms with Crippen LogP contribution in [0.3, 0.4) is 0 Å². The fraction of sp³-hybridized carbons (Fsp3) is 0.571. The molecule has 2 aromatic rings. The number of ether oxygens (including phenoxy) is 1. The molecular weight excluding hydrogens is 324 g/mol. The average Bonchev–Trinajstić information content (AvgIpc) is 3.05. The van der Waals surface area contributed by atoms with Gasteiger partial charge in [-0.1, -0.05) is 26.3 Å². The van der Waals surface area contributed by atoms with Gasteiger partial charge in [0, 0.05) is 50.3 Å². The monoisotopic (exact) mass is 354 g/mol. The number of likely N-dealkylation sites (N-methyl/N-ethyl adjacent to an activating group) is 1. The Bertz CT molecular complexity index is 769. The average molecular weight is 354 g/mol. The van der Waals surface area contributed by atoms with Crippen molar-refractivity contribution >= 4 is 5.69 Å². The molecule has 1 atom stereocenters. The topological polar surface area (TPSA) is 44.4 Å². The highest BCUT2D eigenvalue weighted by Gasteiger charge is 2.24. The molecule has 0 radical (unpaired) electrons. The molecule has 0 unspecified atom stereocenters. The minimum atomic E-state index is 0.535. The summed E-state index contributed by atoms with van der Waals surface area (Å²) in [4.78, 5) is 4.80. The lowest BCUT2D eigenvalue weighted by atomic mass is 9.95. The number of fused-ring (bicyclic) bond motifs is 2. The fourth-order valence-corrected chi connectivity index (χ4v) is 4.24. The highest BCUT2D eigenvalue weighted by molar-refractivity contribution is 5.60. The van der Waals surface area contributed by atoms with E-state index in [0.29, 0.717) is 5.92 Å². The molecule has 5 heteroatoms. The van der Waals surface area contributed by atoms with Gasteiger partial charge in [-0.3, -0.25) is 10.00 Å². The molecule has 0 spiro atoms. The van der Waals surface area contributed by atoms with E-state index >= 15 is 0 Å². The maximum absolute atomic E-state index is 5.87. The molecule has 0 fully saturated rings. The number of H-pyrrole nitrogens is 1. The first-order valence-corrected chi connectivity index (χ1v) is 9.91. The van der Waals surface area contributed by atoms with Crippen LogP contribution in [0, 0.1) is 0 Å². The van der Waals surface area contributed by atoms with Crippen molar-refractivity contribution in [3.8, 4) is 5.75 Å². The van der Waals surface area contributed by atoms with Crippen LogP contribution in [0.25, 0.3) is 0 Å². The molecule has 140 valence electrons. The van der Waals surface area contributed by atoms with Gasteiger partial charge in [-0.2, -0.15) is 5.10 Å². The molecule has 4 rings (SSSR count). The largest absolute Gasteiger partial charge is 0.490 e. The van der Waals surface area contributed by atoms with E-state index in [2.05, 4.69) is 59.1 Å². The summed E-state index contributed by atoms with van der Waals surface area (Å²) < 4.78 is 5.87. The fourth-order valence-electron chi connectivity index (χ4n) is 4.24. The Balaban J connectivity index is 1.49.